The number of urea groups is 1. The highest BCUT2D eigenvalue weighted by atomic mass is 35.5. The van der Waals surface area contributed by atoms with Crippen molar-refractivity contribution in [3.05, 3.63) is 52.8 Å². The molecule has 0 saturated heterocycles. The van der Waals surface area contributed by atoms with Gasteiger partial charge in [-0.3, -0.25) is 0 Å². The van der Waals surface area contributed by atoms with Gasteiger partial charge in [0.25, 0.3) is 0 Å². The van der Waals surface area contributed by atoms with E-state index in [0.29, 0.717) is 18.3 Å². The normalized spacial score (nSPS) is 29.4. The van der Waals surface area contributed by atoms with Crippen molar-refractivity contribution in [3.63, 3.8) is 0 Å². The lowest BCUT2D eigenvalue weighted by Crippen LogP contribution is -2.48. The Morgan fingerprint density at radius 3 is 3.00 bits per heavy atom. The Hall–Kier alpha value is -2.36. The average molecular weight is 429 g/mol. The minimum atomic E-state index is -0.510. The number of hydrogen-bond donors (Lipinski definition) is 2. The fraction of sp³-hybridized carbons (Fsp3) is 0.478. The van der Waals surface area contributed by atoms with Crippen molar-refractivity contribution in [2.24, 2.45) is 17.3 Å². The molecule has 0 heterocycles. The summed E-state index contributed by atoms with van der Waals surface area (Å²) in [5.41, 5.74) is 1.98. The van der Waals surface area contributed by atoms with Gasteiger partial charge in [0.05, 0.1) is 23.7 Å². The first kappa shape index (κ1) is 20.9. The van der Waals surface area contributed by atoms with Crippen LogP contribution in [0.3, 0.4) is 0 Å². The molecule has 4 rings (SSSR count). The van der Waals surface area contributed by atoms with Gasteiger partial charge >= 0.3 is 6.03 Å². The number of rotatable bonds is 5. The Balaban J connectivity index is 1.43. The number of amides is 2. The zero-order chi connectivity index (χ0) is 21.3. The predicted molar refractivity (Wildman–Crippen MR) is 115 cm³/mol. The summed E-state index contributed by atoms with van der Waals surface area (Å²) in [6, 6.07) is 6.47. The third kappa shape index (κ3) is 3.97. The molecule has 2 saturated carbocycles. The lowest BCUT2D eigenvalue weighted by Gasteiger charge is -2.37. The van der Waals surface area contributed by atoms with Crippen LogP contribution in [0.25, 0.3) is 0 Å². The number of nitrogens with zero attached hydrogens (tertiary/aromatic N) is 2. The van der Waals surface area contributed by atoms with Crippen LogP contribution in [-0.4, -0.2) is 30.7 Å². The molecular weight excluding hydrogens is 403 g/mol. The number of halogens is 2. The van der Waals surface area contributed by atoms with Gasteiger partial charge < -0.3 is 15.5 Å². The molecule has 5 nitrogen and oxygen atoms in total. The van der Waals surface area contributed by atoms with E-state index in [4.69, 9.17) is 11.6 Å². The summed E-state index contributed by atoms with van der Waals surface area (Å²) >= 11 is 5.84. The van der Waals surface area contributed by atoms with Gasteiger partial charge in [-0.15, -0.1) is 0 Å². The molecule has 0 bridgehead atoms. The van der Waals surface area contributed by atoms with Gasteiger partial charge in [-0.2, -0.15) is 5.26 Å². The first-order valence-electron chi connectivity index (χ1n) is 10.4. The highest BCUT2D eigenvalue weighted by Gasteiger charge is 2.59. The molecule has 3 aliphatic rings. The number of hydrogen-bond acceptors (Lipinski definition) is 3. The summed E-state index contributed by atoms with van der Waals surface area (Å²) in [5.74, 6) is 0.00766. The second-order valence-electron chi connectivity index (χ2n) is 8.52. The van der Waals surface area contributed by atoms with Crippen LogP contribution in [0.15, 0.2) is 42.0 Å². The fourth-order valence-electron chi connectivity index (χ4n) is 5.06. The quantitative estimate of drug-likeness (QED) is 0.643. The molecule has 4 unspecified atom stereocenters. The van der Waals surface area contributed by atoms with Crippen molar-refractivity contribution < 1.29 is 9.18 Å². The van der Waals surface area contributed by atoms with Crippen LogP contribution >= 0.6 is 11.6 Å². The lowest BCUT2D eigenvalue weighted by atomic mass is 9.77. The van der Waals surface area contributed by atoms with Gasteiger partial charge in [-0.25, -0.2) is 9.18 Å². The highest BCUT2D eigenvalue weighted by Crippen LogP contribution is 2.66. The zero-order valence-corrected chi connectivity index (χ0v) is 17.8. The Morgan fingerprint density at radius 2 is 2.30 bits per heavy atom. The van der Waals surface area contributed by atoms with Gasteiger partial charge in [-0.05, 0) is 74.3 Å². The van der Waals surface area contributed by atoms with Crippen molar-refractivity contribution in [1.29, 1.82) is 5.26 Å². The summed E-state index contributed by atoms with van der Waals surface area (Å²) in [5, 5.41) is 15.2. The maximum Gasteiger partial charge on any atom is 0.323 e. The zero-order valence-electron chi connectivity index (χ0n) is 17.0. The summed E-state index contributed by atoms with van der Waals surface area (Å²) in [4.78, 5) is 14.8. The van der Waals surface area contributed by atoms with Crippen molar-refractivity contribution in [3.8, 4) is 6.07 Å². The van der Waals surface area contributed by atoms with E-state index >= 15 is 0 Å². The standard InChI is InChI=1S/C23H26ClFN4O/c1-27-14-29(22(30)28-18-5-6-21(25)20(24)11-18)19-7-8-23(12-17(23)10-19)16-4-2-3-15(9-16)13-26/h2,4-6,9,11,15,17,19,27H,3,7-8,10,12,14H2,1H3,(H,28,30). The van der Waals surface area contributed by atoms with Crippen LogP contribution in [0.4, 0.5) is 14.9 Å². The lowest BCUT2D eigenvalue weighted by molar-refractivity contribution is 0.152. The molecule has 0 spiro atoms. The molecule has 0 aromatic heterocycles. The number of nitriles is 1. The number of carbonyl (C=O) groups is 1. The molecule has 7 heteroatoms. The van der Waals surface area contributed by atoms with E-state index in [2.05, 4.69) is 34.9 Å². The van der Waals surface area contributed by atoms with Crippen LogP contribution in [0.1, 0.15) is 32.1 Å². The number of fused-ring (bicyclic) bond motifs is 1. The summed E-state index contributed by atoms with van der Waals surface area (Å²) in [6.45, 7) is 0.435. The Labute approximate surface area is 181 Å². The Kier molecular flexibility index (Phi) is 5.86. The van der Waals surface area contributed by atoms with Gasteiger partial charge in [0, 0.05) is 11.7 Å². The topological polar surface area (TPSA) is 68.2 Å². The average Bonchev–Trinajstić information content (AvgIpc) is 3.49. The number of nitrogens with one attached hydrogen (secondary N) is 2. The highest BCUT2D eigenvalue weighted by molar-refractivity contribution is 6.31. The maximum atomic E-state index is 13.4. The van der Waals surface area contributed by atoms with Gasteiger partial charge in [-0.1, -0.05) is 29.8 Å². The fourth-order valence-corrected chi connectivity index (χ4v) is 5.24. The van der Waals surface area contributed by atoms with E-state index in [1.165, 1.54) is 23.8 Å². The molecule has 3 aliphatic carbocycles. The Bertz CT molecular complexity index is 940. The van der Waals surface area contributed by atoms with Crippen LogP contribution in [0.2, 0.25) is 5.02 Å². The van der Waals surface area contributed by atoms with Gasteiger partial charge in [0.1, 0.15) is 5.82 Å². The molecular formula is C23H26ClFN4O. The molecule has 2 amide bonds. The number of allylic oxidation sites excluding steroid dienone is 4. The molecule has 2 fully saturated rings. The second kappa shape index (κ2) is 8.41. The minimum Gasteiger partial charge on any atom is -0.309 e. The first-order valence-corrected chi connectivity index (χ1v) is 10.8. The van der Waals surface area contributed by atoms with Gasteiger partial charge in [0.2, 0.25) is 0 Å². The van der Waals surface area contributed by atoms with Crippen molar-refractivity contribution >= 4 is 23.3 Å². The van der Waals surface area contributed by atoms with Crippen molar-refractivity contribution in [2.45, 2.75) is 38.1 Å². The maximum absolute atomic E-state index is 13.4. The van der Waals surface area contributed by atoms with E-state index in [1.807, 2.05) is 11.9 Å². The van der Waals surface area contributed by atoms with E-state index in [0.717, 1.165) is 32.1 Å². The Morgan fingerprint density at radius 1 is 1.47 bits per heavy atom. The molecule has 1 aromatic carbocycles. The van der Waals surface area contributed by atoms with E-state index in [-0.39, 0.29) is 28.4 Å². The molecule has 0 radical (unpaired) electrons. The third-order valence-electron chi connectivity index (χ3n) is 6.72. The van der Waals surface area contributed by atoms with Crippen molar-refractivity contribution in [2.75, 3.05) is 19.0 Å². The van der Waals surface area contributed by atoms with Crippen LogP contribution in [-0.2, 0) is 0 Å². The SMILES string of the molecule is CNCN(C(=O)Nc1ccc(F)c(Cl)c1)C1CCC2(C3=CC(C#N)CC=C3)CC2C1. The predicted octanol–water partition coefficient (Wildman–Crippen LogP) is 5.07. The minimum absolute atomic E-state index is 0.0159. The molecule has 2 N–H and O–H groups in total. The van der Waals surface area contributed by atoms with E-state index < -0.39 is 5.82 Å². The monoisotopic (exact) mass is 428 g/mol. The first-order chi connectivity index (χ1) is 14.5. The van der Waals surface area contributed by atoms with E-state index in [1.54, 1.807) is 0 Å². The summed E-state index contributed by atoms with van der Waals surface area (Å²) < 4.78 is 13.4. The van der Waals surface area contributed by atoms with Crippen LogP contribution < -0.4 is 10.6 Å². The van der Waals surface area contributed by atoms with Crippen molar-refractivity contribution in [1.82, 2.24) is 10.2 Å². The molecule has 0 aliphatic heterocycles. The molecule has 158 valence electrons. The number of anilines is 1. The largest absolute Gasteiger partial charge is 0.323 e. The summed E-state index contributed by atoms with van der Waals surface area (Å²) in [6.07, 6.45) is 11.3. The van der Waals surface area contributed by atoms with Crippen LogP contribution in [0.5, 0.6) is 0 Å². The smallest absolute Gasteiger partial charge is 0.309 e. The van der Waals surface area contributed by atoms with Crippen LogP contribution in [0, 0.1) is 34.4 Å². The third-order valence-corrected chi connectivity index (χ3v) is 7.01. The number of carbonyl (C=O) groups excluding carboxylic acids is 1. The second-order valence-corrected chi connectivity index (χ2v) is 8.93. The molecule has 1 aromatic rings. The molecule has 4 atom stereocenters. The number of benzene rings is 1. The molecule has 30 heavy (non-hydrogen) atoms. The summed E-state index contributed by atoms with van der Waals surface area (Å²) in [7, 11) is 1.82. The van der Waals surface area contributed by atoms with E-state index in [9.17, 15) is 14.4 Å². The van der Waals surface area contributed by atoms with Gasteiger partial charge in [0.15, 0.2) is 0 Å².